The molecule has 0 saturated carbocycles. The largest absolute Gasteiger partial charge is 0.409 e. The van der Waals surface area contributed by atoms with Crippen LogP contribution in [0.4, 0.5) is 4.39 Å². The highest BCUT2D eigenvalue weighted by Gasteiger charge is 2.07. The second-order valence-electron chi connectivity index (χ2n) is 2.44. The number of nitrogens with two attached hydrogens (primary N) is 1. The highest BCUT2D eigenvalue weighted by Crippen LogP contribution is 2.10. The van der Waals surface area contributed by atoms with Gasteiger partial charge in [0.25, 0.3) is 0 Å². The van der Waals surface area contributed by atoms with Crippen molar-refractivity contribution in [2.24, 2.45) is 10.9 Å². The van der Waals surface area contributed by atoms with Crippen molar-refractivity contribution < 1.29 is 14.7 Å². The van der Waals surface area contributed by atoms with Crippen LogP contribution in [0.3, 0.4) is 0 Å². The molecule has 70 valence electrons. The molecule has 1 aromatic rings. The Morgan fingerprint density at radius 2 is 2.23 bits per heavy atom. The minimum absolute atomic E-state index is 0.199. The van der Waals surface area contributed by atoms with E-state index < -0.39 is 5.82 Å². The summed E-state index contributed by atoms with van der Waals surface area (Å²) in [5.41, 5.74) is 5.87. The van der Waals surface area contributed by atoms with Gasteiger partial charge in [-0.15, -0.1) is 0 Å². The van der Waals surface area contributed by atoms with Gasteiger partial charge in [-0.1, -0.05) is 11.2 Å². The lowest BCUT2D eigenvalue weighted by Gasteiger charge is -2.04. The van der Waals surface area contributed by atoms with Crippen molar-refractivity contribution in [3.63, 3.8) is 0 Å². The fourth-order valence-electron chi connectivity index (χ4n) is 0.979. The monoisotopic (exact) mass is 184 g/mol. The van der Waals surface area contributed by atoms with E-state index in [0.717, 1.165) is 6.07 Å². The van der Waals surface area contributed by atoms with Gasteiger partial charge in [-0.05, 0) is 17.7 Å². The third-order valence-electron chi connectivity index (χ3n) is 1.63. The zero-order valence-electron chi connectivity index (χ0n) is 6.74. The standard InChI is InChI=1S/C8H9FN2O2/c9-6-2-1-5(4-12)7(3-6)8(10)11-13/h1-3,12-13H,4H2,(H2,10,11). The van der Waals surface area contributed by atoms with Crippen LogP contribution in [0.2, 0.25) is 0 Å². The molecule has 5 heteroatoms. The summed E-state index contributed by atoms with van der Waals surface area (Å²) in [4.78, 5) is 0. The topological polar surface area (TPSA) is 78.8 Å². The molecule has 0 aromatic heterocycles. The number of oxime groups is 1. The maximum absolute atomic E-state index is 12.7. The molecule has 13 heavy (non-hydrogen) atoms. The van der Waals surface area contributed by atoms with E-state index in [-0.39, 0.29) is 18.0 Å². The van der Waals surface area contributed by atoms with E-state index >= 15 is 0 Å². The van der Waals surface area contributed by atoms with Crippen molar-refractivity contribution in [3.05, 3.63) is 35.1 Å². The number of rotatable bonds is 2. The average molecular weight is 184 g/mol. The first-order valence-corrected chi connectivity index (χ1v) is 3.56. The average Bonchev–Trinajstić information content (AvgIpc) is 2.16. The molecular weight excluding hydrogens is 175 g/mol. The first kappa shape index (κ1) is 9.47. The molecule has 0 heterocycles. The van der Waals surface area contributed by atoms with E-state index in [1.165, 1.54) is 12.1 Å². The molecule has 0 saturated heterocycles. The van der Waals surface area contributed by atoms with Gasteiger partial charge in [0.05, 0.1) is 6.61 Å². The fraction of sp³-hybridized carbons (Fsp3) is 0.125. The van der Waals surface area contributed by atoms with Crippen molar-refractivity contribution in [1.82, 2.24) is 0 Å². The van der Waals surface area contributed by atoms with Gasteiger partial charge in [0.1, 0.15) is 5.82 Å². The zero-order chi connectivity index (χ0) is 9.84. The molecular formula is C8H9FN2O2. The second-order valence-corrected chi connectivity index (χ2v) is 2.44. The van der Waals surface area contributed by atoms with E-state index in [1.807, 2.05) is 0 Å². The highest BCUT2D eigenvalue weighted by molar-refractivity contribution is 5.98. The second kappa shape index (κ2) is 3.86. The summed E-state index contributed by atoms with van der Waals surface area (Å²) in [7, 11) is 0. The number of amidine groups is 1. The van der Waals surface area contributed by atoms with E-state index in [9.17, 15) is 4.39 Å². The van der Waals surface area contributed by atoms with E-state index in [4.69, 9.17) is 16.0 Å². The van der Waals surface area contributed by atoms with Crippen LogP contribution in [-0.2, 0) is 6.61 Å². The van der Waals surface area contributed by atoms with Crippen molar-refractivity contribution in [1.29, 1.82) is 0 Å². The molecule has 0 aliphatic heterocycles. The Kier molecular flexibility index (Phi) is 2.81. The van der Waals surface area contributed by atoms with Crippen LogP contribution in [0.5, 0.6) is 0 Å². The highest BCUT2D eigenvalue weighted by atomic mass is 19.1. The first-order chi connectivity index (χ1) is 6.19. The van der Waals surface area contributed by atoms with Crippen molar-refractivity contribution in [2.75, 3.05) is 0 Å². The molecule has 0 radical (unpaired) electrons. The Labute approximate surface area is 74.1 Å². The van der Waals surface area contributed by atoms with Gasteiger partial charge in [-0.3, -0.25) is 0 Å². The Bertz CT molecular complexity index is 339. The quantitative estimate of drug-likeness (QED) is 0.269. The molecule has 4 N–H and O–H groups in total. The van der Waals surface area contributed by atoms with Crippen LogP contribution < -0.4 is 5.73 Å². The predicted octanol–water partition coefficient (Wildman–Crippen LogP) is 0.413. The van der Waals surface area contributed by atoms with Crippen molar-refractivity contribution in [2.45, 2.75) is 6.61 Å². The minimum atomic E-state index is -0.501. The molecule has 0 spiro atoms. The predicted molar refractivity (Wildman–Crippen MR) is 44.8 cm³/mol. The van der Waals surface area contributed by atoms with Crippen LogP contribution in [0.1, 0.15) is 11.1 Å². The number of halogens is 1. The lowest BCUT2D eigenvalue weighted by atomic mass is 10.1. The summed E-state index contributed by atoms with van der Waals surface area (Å²) in [6.45, 7) is -0.286. The summed E-state index contributed by atoms with van der Waals surface area (Å²) in [5, 5.41) is 19.9. The lowest BCUT2D eigenvalue weighted by Crippen LogP contribution is -2.15. The van der Waals surface area contributed by atoms with E-state index in [1.54, 1.807) is 0 Å². The number of hydrogen-bond acceptors (Lipinski definition) is 3. The van der Waals surface area contributed by atoms with Crippen LogP contribution >= 0.6 is 0 Å². The summed E-state index contributed by atoms with van der Waals surface area (Å²) in [6, 6.07) is 3.67. The molecule has 0 unspecified atom stereocenters. The number of aliphatic hydroxyl groups excluding tert-OH is 1. The first-order valence-electron chi connectivity index (χ1n) is 3.56. The van der Waals surface area contributed by atoms with Gasteiger partial charge in [0.15, 0.2) is 5.84 Å². The summed E-state index contributed by atoms with van der Waals surface area (Å²) < 4.78 is 12.7. The molecule has 0 fully saturated rings. The Morgan fingerprint density at radius 3 is 2.77 bits per heavy atom. The molecule has 0 bridgehead atoms. The fourth-order valence-corrected chi connectivity index (χ4v) is 0.979. The maximum Gasteiger partial charge on any atom is 0.170 e. The molecule has 0 atom stereocenters. The number of hydrogen-bond donors (Lipinski definition) is 3. The molecule has 1 rings (SSSR count). The molecule has 0 aliphatic rings. The van der Waals surface area contributed by atoms with Crippen molar-refractivity contribution >= 4 is 5.84 Å². The van der Waals surface area contributed by atoms with Gasteiger partial charge < -0.3 is 16.0 Å². The molecule has 0 amide bonds. The number of benzene rings is 1. The summed E-state index contributed by atoms with van der Waals surface area (Å²) >= 11 is 0. The third-order valence-corrected chi connectivity index (χ3v) is 1.63. The Hall–Kier alpha value is -1.62. The van der Waals surface area contributed by atoms with Gasteiger partial charge in [-0.2, -0.15) is 0 Å². The molecule has 4 nitrogen and oxygen atoms in total. The molecule has 0 aliphatic carbocycles. The smallest absolute Gasteiger partial charge is 0.170 e. The van der Waals surface area contributed by atoms with Gasteiger partial charge in [0.2, 0.25) is 0 Å². The van der Waals surface area contributed by atoms with Gasteiger partial charge in [-0.25, -0.2) is 4.39 Å². The SMILES string of the molecule is NC(=NO)c1cc(F)ccc1CO. The summed E-state index contributed by atoms with van der Waals surface area (Å²) in [5.74, 6) is -0.720. The van der Waals surface area contributed by atoms with Crippen LogP contribution in [0, 0.1) is 5.82 Å². The van der Waals surface area contributed by atoms with Crippen LogP contribution in [-0.4, -0.2) is 16.1 Å². The van der Waals surface area contributed by atoms with E-state index in [2.05, 4.69) is 5.16 Å². The minimum Gasteiger partial charge on any atom is -0.409 e. The third kappa shape index (κ3) is 1.94. The van der Waals surface area contributed by atoms with Crippen molar-refractivity contribution in [3.8, 4) is 0 Å². The van der Waals surface area contributed by atoms with Crippen LogP contribution in [0.25, 0.3) is 0 Å². The van der Waals surface area contributed by atoms with Gasteiger partial charge >= 0.3 is 0 Å². The molecule has 1 aromatic carbocycles. The lowest BCUT2D eigenvalue weighted by molar-refractivity contribution is 0.281. The van der Waals surface area contributed by atoms with Crippen LogP contribution in [0.15, 0.2) is 23.4 Å². The normalized spacial score (nSPS) is 11.7. The maximum atomic E-state index is 12.7. The zero-order valence-corrected chi connectivity index (χ0v) is 6.74. The number of aliphatic hydroxyl groups is 1. The Balaban J connectivity index is 3.23. The van der Waals surface area contributed by atoms with Gasteiger partial charge in [0, 0.05) is 5.56 Å². The summed E-state index contributed by atoms with van der Waals surface area (Å²) in [6.07, 6.45) is 0. The number of nitrogens with zero attached hydrogens (tertiary/aromatic N) is 1. The van der Waals surface area contributed by atoms with E-state index in [0.29, 0.717) is 5.56 Å². The Morgan fingerprint density at radius 1 is 1.54 bits per heavy atom.